The molecule has 6 nitrogen and oxygen atoms in total. The van der Waals surface area contributed by atoms with E-state index in [-0.39, 0.29) is 0 Å². The van der Waals surface area contributed by atoms with Gasteiger partial charge < -0.3 is 5.32 Å². The fraction of sp³-hybridized carbons (Fsp3) is 0.385. The van der Waals surface area contributed by atoms with E-state index in [1.165, 1.54) is 0 Å². The van der Waals surface area contributed by atoms with E-state index in [1.807, 2.05) is 22.9 Å². The fourth-order valence-electron chi connectivity index (χ4n) is 1.72. The van der Waals surface area contributed by atoms with E-state index in [9.17, 15) is 0 Å². The molecule has 3 aromatic heterocycles. The first kappa shape index (κ1) is 14.3. The molecule has 0 aliphatic carbocycles. The summed E-state index contributed by atoms with van der Waals surface area (Å²) in [5.74, 6) is 2.09. The maximum atomic E-state index is 4.47. The number of hydrogen-bond donors (Lipinski definition) is 1. The fourth-order valence-corrected chi connectivity index (χ4v) is 3.36. The van der Waals surface area contributed by atoms with Crippen LogP contribution in [0.15, 0.2) is 29.0 Å². The van der Waals surface area contributed by atoms with Crippen LogP contribution >= 0.6 is 23.1 Å². The molecule has 0 fully saturated rings. The van der Waals surface area contributed by atoms with Crippen molar-refractivity contribution in [3.8, 4) is 0 Å². The number of hydrogen-bond acceptors (Lipinski definition) is 7. The maximum absolute atomic E-state index is 4.47. The average molecular weight is 320 g/mol. The third kappa shape index (κ3) is 3.70. The molecule has 0 unspecified atom stereocenters. The topological polar surface area (TPSA) is 68.0 Å². The summed E-state index contributed by atoms with van der Waals surface area (Å²) in [7, 11) is 0. The third-order valence-electron chi connectivity index (χ3n) is 2.70. The molecule has 0 amide bonds. The first-order valence-corrected chi connectivity index (χ1v) is 8.49. The molecule has 0 radical (unpaired) electrons. The Hall–Kier alpha value is -1.67. The molecule has 3 aromatic rings. The third-order valence-corrected chi connectivity index (χ3v) is 4.74. The summed E-state index contributed by atoms with van der Waals surface area (Å²) in [5, 5.41) is 12.5. The predicted molar refractivity (Wildman–Crippen MR) is 85.8 cm³/mol. The van der Waals surface area contributed by atoms with Crippen molar-refractivity contribution in [1.82, 2.24) is 24.6 Å². The van der Waals surface area contributed by atoms with Crippen LogP contribution in [-0.4, -0.2) is 31.1 Å². The summed E-state index contributed by atoms with van der Waals surface area (Å²) in [6, 6.07) is 1.89. The zero-order chi connectivity index (χ0) is 14.7. The Labute approximate surface area is 131 Å². The van der Waals surface area contributed by atoms with Gasteiger partial charge in [-0.3, -0.25) is 4.40 Å². The van der Waals surface area contributed by atoms with Crippen LogP contribution < -0.4 is 5.32 Å². The number of thioether (sulfide) groups is 1. The Kier molecular flexibility index (Phi) is 4.35. The molecule has 0 aromatic carbocycles. The van der Waals surface area contributed by atoms with Gasteiger partial charge in [-0.2, -0.15) is 0 Å². The molecule has 3 heterocycles. The molecule has 110 valence electrons. The number of nitrogens with one attached hydrogen (secondary N) is 1. The molecule has 0 saturated carbocycles. The minimum Gasteiger partial charge on any atom is -0.360 e. The lowest BCUT2D eigenvalue weighted by molar-refractivity contribution is 0.687. The van der Waals surface area contributed by atoms with Crippen molar-refractivity contribution in [1.29, 1.82) is 0 Å². The Balaban J connectivity index is 1.59. The number of anilines is 1. The van der Waals surface area contributed by atoms with Crippen molar-refractivity contribution in [2.24, 2.45) is 5.92 Å². The molecule has 21 heavy (non-hydrogen) atoms. The van der Waals surface area contributed by atoms with Gasteiger partial charge in [0.2, 0.25) is 10.9 Å². The van der Waals surface area contributed by atoms with Gasteiger partial charge in [0.1, 0.15) is 0 Å². The lowest BCUT2D eigenvalue weighted by Crippen LogP contribution is -2.07. The van der Waals surface area contributed by atoms with Crippen molar-refractivity contribution in [2.45, 2.75) is 23.9 Å². The zero-order valence-corrected chi connectivity index (χ0v) is 13.5. The van der Waals surface area contributed by atoms with Crippen molar-refractivity contribution in [3.05, 3.63) is 30.4 Å². The van der Waals surface area contributed by atoms with Crippen LogP contribution in [0.3, 0.4) is 0 Å². The van der Waals surface area contributed by atoms with Crippen molar-refractivity contribution in [2.75, 3.05) is 11.9 Å². The largest absolute Gasteiger partial charge is 0.360 e. The zero-order valence-electron chi connectivity index (χ0n) is 11.9. The predicted octanol–water partition coefficient (Wildman–Crippen LogP) is 2.94. The van der Waals surface area contributed by atoms with Crippen LogP contribution in [0.4, 0.5) is 5.13 Å². The van der Waals surface area contributed by atoms with E-state index in [2.05, 4.69) is 39.3 Å². The molecule has 0 aliphatic rings. The number of imidazole rings is 1. The van der Waals surface area contributed by atoms with Gasteiger partial charge in [-0.05, 0) is 12.0 Å². The average Bonchev–Trinajstić information content (AvgIpc) is 3.09. The Bertz CT molecular complexity index is 687. The number of fused-ring (bicyclic) bond motifs is 1. The van der Waals surface area contributed by atoms with E-state index < -0.39 is 0 Å². The van der Waals surface area contributed by atoms with Crippen molar-refractivity contribution < 1.29 is 0 Å². The number of aromatic nitrogens is 5. The second-order valence-corrected chi connectivity index (χ2v) is 7.20. The highest BCUT2D eigenvalue weighted by Crippen LogP contribution is 2.28. The second-order valence-electron chi connectivity index (χ2n) is 5.00. The SMILES string of the molecule is CC(C)CNc1nnc(SCc2cn3cccnc3n2)s1. The van der Waals surface area contributed by atoms with Gasteiger partial charge in [-0.15, -0.1) is 10.2 Å². The van der Waals surface area contributed by atoms with E-state index in [1.54, 1.807) is 29.3 Å². The molecular formula is C13H16N6S2. The van der Waals surface area contributed by atoms with E-state index in [4.69, 9.17) is 0 Å². The first-order valence-electron chi connectivity index (χ1n) is 6.69. The van der Waals surface area contributed by atoms with Crippen LogP contribution in [0, 0.1) is 5.92 Å². The van der Waals surface area contributed by atoms with Crippen LogP contribution in [0.2, 0.25) is 0 Å². The molecule has 8 heteroatoms. The molecule has 1 N–H and O–H groups in total. The minimum atomic E-state index is 0.593. The quantitative estimate of drug-likeness (QED) is 0.704. The van der Waals surface area contributed by atoms with Crippen LogP contribution in [0.25, 0.3) is 5.78 Å². The molecular weight excluding hydrogens is 304 g/mol. The van der Waals surface area contributed by atoms with Gasteiger partial charge in [0, 0.05) is 30.9 Å². The number of rotatable bonds is 6. The molecule has 0 bridgehead atoms. The summed E-state index contributed by atoms with van der Waals surface area (Å²) in [6.45, 7) is 5.25. The van der Waals surface area contributed by atoms with Crippen LogP contribution in [0.5, 0.6) is 0 Å². The van der Waals surface area contributed by atoms with Crippen LogP contribution in [0.1, 0.15) is 19.5 Å². The lowest BCUT2D eigenvalue weighted by atomic mass is 10.2. The van der Waals surface area contributed by atoms with Gasteiger partial charge >= 0.3 is 0 Å². The van der Waals surface area contributed by atoms with Gasteiger partial charge in [-0.25, -0.2) is 9.97 Å². The summed E-state index contributed by atoms with van der Waals surface area (Å²) >= 11 is 3.23. The molecule has 0 saturated heterocycles. The lowest BCUT2D eigenvalue weighted by Gasteiger charge is -2.03. The van der Waals surface area contributed by atoms with Crippen molar-refractivity contribution >= 4 is 34.0 Å². The van der Waals surface area contributed by atoms with E-state index in [0.29, 0.717) is 5.92 Å². The Morgan fingerprint density at radius 1 is 1.38 bits per heavy atom. The van der Waals surface area contributed by atoms with Crippen molar-refractivity contribution in [3.63, 3.8) is 0 Å². The summed E-state index contributed by atoms with van der Waals surface area (Å²) < 4.78 is 2.87. The summed E-state index contributed by atoms with van der Waals surface area (Å²) in [5.41, 5.74) is 0.991. The highest BCUT2D eigenvalue weighted by atomic mass is 32.2. The normalized spacial score (nSPS) is 11.4. The van der Waals surface area contributed by atoms with Crippen LogP contribution in [-0.2, 0) is 5.75 Å². The molecule has 0 aliphatic heterocycles. The highest BCUT2D eigenvalue weighted by molar-refractivity contribution is 8.00. The first-order chi connectivity index (χ1) is 10.2. The highest BCUT2D eigenvalue weighted by Gasteiger charge is 2.07. The molecule has 0 spiro atoms. The smallest absolute Gasteiger partial charge is 0.233 e. The second kappa shape index (κ2) is 6.40. The van der Waals surface area contributed by atoms with Gasteiger partial charge in [0.25, 0.3) is 0 Å². The monoisotopic (exact) mass is 320 g/mol. The van der Waals surface area contributed by atoms with E-state index in [0.717, 1.165) is 33.2 Å². The number of nitrogens with zero attached hydrogens (tertiary/aromatic N) is 5. The summed E-state index contributed by atoms with van der Waals surface area (Å²) in [6.07, 6.45) is 5.69. The molecule has 0 atom stereocenters. The van der Waals surface area contributed by atoms with Gasteiger partial charge in [0.15, 0.2) is 4.34 Å². The Morgan fingerprint density at radius 3 is 3.10 bits per heavy atom. The van der Waals surface area contributed by atoms with Gasteiger partial charge in [-0.1, -0.05) is 36.9 Å². The minimum absolute atomic E-state index is 0.593. The maximum Gasteiger partial charge on any atom is 0.233 e. The Morgan fingerprint density at radius 2 is 2.29 bits per heavy atom. The summed E-state index contributed by atoms with van der Waals surface area (Å²) in [4.78, 5) is 8.67. The molecule has 3 rings (SSSR count). The van der Waals surface area contributed by atoms with Gasteiger partial charge in [0.05, 0.1) is 5.69 Å². The van der Waals surface area contributed by atoms with E-state index >= 15 is 0 Å². The standard InChI is InChI=1S/C13H16N6S2/c1-9(2)6-15-12-17-18-13(21-12)20-8-10-7-19-5-3-4-14-11(19)16-10/h3-5,7,9H,6,8H2,1-2H3,(H,15,17).